The minimum Gasteiger partial charge on any atom is -0.346 e. The van der Waals surface area contributed by atoms with Crippen molar-refractivity contribution in [2.24, 2.45) is 17.8 Å². The average molecular weight is 367 g/mol. The van der Waals surface area contributed by atoms with E-state index in [0.29, 0.717) is 29.0 Å². The molecule has 5 fully saturated rings. The Balaban J connectivity index is 1.38. The third kappa shape index (κ3) is 3.03. The van der Waals surface area contributed by atoms with Gasteiger partial charge in [0.05, 0.1) is 11.3 Å². The van der Waals surface area contributed by atoms with E-state index in [1.165, 1.54) is 25.5 Å². The molecule has 4 bridgehead atoms. The first-order valence-corrected chi connectivity index (χ1v) is 9.75. The molecule has 1 aromatic heterocycles. The van der Waals surface area contributed by atoms with Crippen LogP contribution in [0.3, 0.4) is 0 Å². The molecule has 0 atom stereocenters. The highest BCUT2D eigenvalue weighted by atomic mass is 19.4. The van der Waals surface area contributed by atoms with Crippen LogP contribution in [0.1, 0.15) is 73.3 Å². The monoisotopic (exact) mass is 367 g/mol. The smallest absolute Gasteiger partial charge is 0.346 e. The Kier molecular flexibility index (Phi) is 3.51. The van der Waals surface area contributed by atoms with Crippen molar-refractivity contribution in [2.75, 3.05) is 0 Å². The van der Waals surface area contributed by atoms with E-state index in [4.69, 9.17) is 0 Å². The zero-order valence-corrected chi connectivity index (χ0v) is 14.7. The SMILES string of the molecule is O=C(NC12CC3CC(CC(C3)C1)C2)c1cn(CC(F)(F)F)nc1C1CC1. The van der Waals surface area contributed by atoms with Gasteiger partial charge in [0.25, 0.3) is 5.91 Å². The maximum absolute atomic E-state index is 13.0. The van der Waals surface area contributed by atoms with Crippen molar-refractivity contribution in [1.29, 1.82) is 0 Å². The number of amides is 1. The van der Waals surface area contributed by atoms with Crippen LogP contribution in [-0.4, -0.2) is 27.4 Å². The van der Waals surface area contributed by atoms with E-state index in [1.807, 2.05) is 0 Å². The van der Waals surface area contributed by atoms with Crippen LogP contribution in [0.2, 0.25) is 0 Å². The lowest BCUT2D eigenvalue weighted by Gasteiger charge is -2.56. The summed E-state index contributed by atoms with van der Waals surface area (Å²) < 4.78 is 39.1. The highest BCUT2D eigenvalue weighted by molar-refractivity contribution is 5.96. The maximum Gasteiger partial charge on any atom is 0.408 e. The number of carbonyl (C=O) groups excluding carboxylic acids is 1. The molecule has 5 aliphatic rings. The normalized spacial score (nSPS) is 35.7. The number of rotatable bonds is 4. The number of nitrogens with zero attached hydrogens (tertiary/aromatic N) is 2. The zero-order valence-electron chi connectivity index (χ0n) is 14.7. The van der Waals surface area contributed by atoms with E-state index in [0.717, 1.165) is 36.8 Å². The number of carbonyl (C=O) groups is 1. The second-order valence-corrected chi connectivity index (χ2v) is 9.17. The van der Waals surface area contributed by atoms with Gasteiger partial charge < -0.3 is 5.32 Å². The number of halogens is 3. The summed E-state index contributed by atoms with van der Waals surface area (Å²) in [7, 11) is 0. The maximum atomic E-state index is 13.0. The molecule has 1 heterocycles. The van der Waals surface area contributed by atoms with Crippen molar-refractivity contribution in [3.8, 4) is 0 Å². The largest absolute Gasteiger partial charge is 0.408 e. The first-order valence-electron chi connectivity index (χ1n) is 9.75. The standard InChI is InChI=1S/C19H24F3N3O/c20-19(21,22)10-25-9-15(16(24-25)14-1-2-14)17(26)23-18-6-11-3-12(7-18)5-13(4-11)8-18/h9,11-14H,1-8,10H2,(H,23,26). The van der Waals surface area contributed by atoms with Crippen LogP contribution in [0.5, 0.6) is 0 Å². The van der Waals surface area contributed by atoms with E-state index in [-0.39, 0.29) is 17.4 Å². The number of alkyl halides is 3. The fraction of sp³-hybridized carbons (Fsp3) is 0.789. The Morgan fingerprint density at radius 1 is 1.15 bits per heavy atom. The minimum absolute atomic E-state index is 0.140. The molecule has 0 saturated heterocycles. The Bertz CT molecular complexity index is 700. The molecular weight excluding hydrogens is 343 g/mol. The Morgan fingerprint density at radius 2 is 1.73 bits per heavy atom. The molecule has 0 radical (unpaired) electrons. The lowest BCUT2D eigenvalue weighted by Crippen LogP contribution is -2.59. The molecule has 0 aliphatic heterocycles. The molecule has 6 rings (SSSR count). The molecule has 142 valence electrons. The van der Waals surface area contributed by atoms with Gasteiger partial charge in [-0.05, 0) is 69.1 Å². The molecule has 26 heavy (non-hydrogen) atoms. The topological polar surface area (TPSA) is 46.9 Å². The molecule has 4 nitrogen and oxygen atoms in total. The van der Waals surface area contributed by atoms with Gasteiger partial charge in [0.2, 0.25) is 0 Å². The van der Waals surface area contributed by atoms with E-state index >= 15 is 0 Å². The van der Waals surface area contributed by atoms with Gasteiger partial charge in [0.15, 0.2) is 0 Å². The first-order chi connectivity index (χ1) is 12.3. The fourth-order valence-electron chi connectivity index (χ4n) is 6.11. The van der Waals surface area contributed by atoms with Crippen LogP contribution < -0.4 is 5.32 Å². The summed E-state index contributed by atoms with van der Waals surface area (Å²) in [6, 6.07) is 0. The molecule has 0 aromatic carbocycles. The molecule has 5 saturated carbocycles. The third-order valence-corrected chi connectivity index (χ3v) is 6.76. The van der Waals surface area contributed by atoms with E-state index in [9.17, 15) is 18.0 Å². The molecule has 0 unspecified atom stereocenters. The van der Waals surface area contributed by atoms with Gasteiger partial charge in [-0.3, -0.25) is 9.48 Å². The van der Waals surface area contributed by atoms with Gasteiger partial charge in [0, 0.05) is 17.7 Å². The summed E-state index contributed by atoms with van der Waals surface area (Å²) in [5.41, 5.74) is 0.766. The minimum atomic E-state index is -4.33. The van der Waals surface area contributed by atoms with E-state index < -0.39 is 12.7 Å². The number of hydrogen-bond acceptors (Lipinski definition) is 2. The summed E-state index contributed by atoms with van der Waals surface area (Å²) in [6.45, 7) is -1.14. The molecule has 1 amide bonds. The predicted octanol–water partition coefficient (Wildman–Crippen LogP) is 4.02. The summed E-state index contributed by atoms with van der Waals surface area (Å²) in [5.74, 6) is 2.04. The van der Waals surface area contributed by atoms with E-state index in [1.54, 1.807) is 0 Å². The Morgan fingerprint density at radius 3 is 2.23 bits per heavy atom. The van der Waals surface area contributed by atoms with Crippen LogP contribution >= 0.6 is 0 Å². The molecular formula is C19H24F3N3O. The lowest BCUT2D eigenvalue weighted by molar-refractivity contribution is -0.142. The summed E-state index contributed by atoms with van der Waals surface area (Å²) in [4.78, 5) is 13.0. The van der Waals surface area contributed by atoms with Crippen LogP contribution in [0.25, 0.3) is 0 Å². The molecule has 1 aromatic rings. The van der Waals surface area contributed by atoms with E-state index in [2.05, 4.69) is 10.4 Å². The summed E-state index contributed by atoms with van der Waals surface area (Å²) >= 11 is 0. The van der Waals surface area contributed by atoms with Crippen molar-refractivity contribution >= 4 is 5.91 Å². The molecule has 7 heteroatoms. The quantitative estimate of drug-likeness (QED) is 0.874. The van der Waals surface area contributed by atoms with Crippen molar-refractivity contribution in [3.63, 3.8) is 0 Å². The molecule has 5 aliphatic carbocycles. The highest BCUT2D eigenvalue weighted by Gasteiger charge is 2.51. The Hall–Kier alpha value is -1.53. The zero-order chi connectivity index (χ0) is 18.1. The van der Waals surface area contributed by atoms with Crippen LogP contribution in [0.4, 0.5) is 13.2 Å². The van der Waals surface area contributed by atoms with Gasteiger partial charge >= 0.3 is 6.18 Å². The summed E-state index contributed by atoms with van der Waals surface area (Å²) in [6.07, 6.45) is 5.71. The van der Waals surface area contributed by atoms with Crippen LogP contribution in [-0.2, 0) is 6.54 Å². The Labute approximate surface area is 150 Å². The van der Waals surface area contributed by atoms with Crippen molar-refractivity contribution in [2.45, 2.75) is 75.5 Å². The second-order valence-electron chi connectivity index (χ2n) is 9.17. The molecule has 1 N–H and O–H groups in total. The van der Waals surface area contributed by atoms with Crippen LogP contribution in [0.15, 0.2) is 6.20 Å². The number of hydrogen-bond donors (Lipinski definition) is 1. The lowest BCUT2D eigenvalue weighted by atomic mass is 9.53. The third-order valence-electron chi connectivity index (χ3n) is 6.76. The fourth-order valence-corrected chi connectivity index (χ4v) is 6.11. The van der Waals surface area contributed by atoms with Crippen LogP contribution in [0, 0.1) is 17.8 Å². The van der Waals surface area contributed by atoms with Gasteiger partial charge in [-0.15, -0.1) is 0 Å². The highest BCUT2D eigenvalue weighted by Crippen LogP contribution is 2.55. The number of nitrogens with one attached hydrogen (secondary N) is 1. The summed E-state index contributed by atoms with van der Waals surface area (Å²) in [5, 5.41) is 7.38. The first kappa shape index (κ1) is 16.6. The van der Waals surface area contributed by atoms with Gasteiger partial charge in [-0.25, -0.2) is 0 Å². The van der Waals surface area contributed by atoms with Gasteiger partial charge in [-0.2, -0.15) is 18.3 Å². The van der Waals surface area contributed by atoms with Crippen molar-refractivity contribution < 1.29 is 18.0 Å². The second kappa shape index (κ2) is 5.49. The van der Waals surface area contributed by atoms with Crippen molar-refractivity contribution in [1.82, 2.24) is 15.1 Å². The van der Waals surface area contributed by atoms with Gasteiger partial charge in [-0.1, -0.05) is 0 Å². The predicted molar refractivity (Wildman–Crippen MR) is 88.6 cm³/mol. The molecule has 0 spiro atoms. The van der Waals surface area contributed by atoms with Gasteiger partial charge in [0.1, 0.15) is 6.54 Å². The van der Waals surface area contributed by atoms with Crippen molar-refractivity contribution in [3.05, 3.63) is 17.5 Å². The average Bonchev–Trinajstić information content (AvgIpc) is 3.25. The number of aromatic nitrogens is 2.